The summed E-state index contributed by atoms with van der Waals surface area (Å²) in [6.07, 6.45) is 5.21. The van der Waals surface area contributed by atoms with Gasteiger partial charge in [-0.15, -0.1) is 0 Å². The largest absolute Gasteiger partial charge is 0.494 e. The molecule has 160 valence electrons. The Hall–Kier alpha value is -3.52. The van der Waals surface area contributed by atoms with Gasteiger partial charge < -0.3 is 10.1 Å². The number of rotatable bonds is 8. The number of hydrogen-bond donors (Lipinski definition) is 1. The Bertz CT molecular complexity index is 1150. The third kappa shape index (κ3) is 4.64. The molecule has 0 aliphatic carbocycles. The number of aromatic nitrogens is 5. The first-order chi connectivity index (χ1) is 15.0. The molecular formula is C23H25FN6O. The van der Waals surface area contributed by atoms with E-state index >= 15 is 0 Å². The highest BCUT2D eigenvalue weighted by Gasteiger charge is 2.16. The molecule has 0 unspecified atom stereocenters. The van der Waals surface area contributed by atoms with E-state index in [0.29, 0.717) is 18.7 Å². The number of nitrogens with zero attached hydrogens (tertiary/aromatic N) is 5. The van der Waals surface area contributed by atoms with Crippen molar-refractivity contribution in [3.8, 4) is 22.7 Å². The summed E-state index contributed by atoms with van der Waals surface area (Å²) in [5.74, 6) is -0.202. The van der Waals surface area contributed by atoms with Crippen molar-refractivity contribution in [2.75, 3.05) is 7.11 Å². The zero-order valence-corrected chi connectivity index (χ0v) is 17.8. The maximum atomic E-state index is 14.4. The van der Waals surface area contributed by atoms with Gasteiger partial charge in [-0.25, -0.2) is 14.1 Å². The van der Waals surface area contributed by atoms with Crippen molar-refractivity contribution < 1.29 is 9.13 Å². The molecule has 0 aliphatic rings. The Morgan fingerprint density at radius 1 is 1.19 bits per heavy atom. The summed E-state index contributed by atoms with van der Waals surface area (Å²) in [7, 11) is 1.46. The lowest BCUT2D eigenvalue weighted by molar-refractivity contribution is 0.386. The van der Waals surface area contributed by atoms with Gasteiger partial charge in [-0.1, -0.05) is 18.2 Å². The van der Waals surface area contributed by atoms with Crippen LogP contribution < -0.4 is 10.1 Å². The fraction of sp³-hybridized carbons (Fsp3) is 0.261. The first kappa shape index (κ1) is 20.7. The molecule has 0 saturated carbocycles. The lowest BCUT2D eigenvalue weighted by Crippen LogP contribution is -2.30. The Kier molecular flexibility index (Phi) is 6.08. The van der Waals surface area contributed by atoms with Crippen molar-refractivity contribution in [1.29, 1.82) is 0 Å². The second-order valence-corrected chi connectivity index (χ2v) is 7.48. The summed E-state index contributed by atoms with van der Waals surface area (Å²) < 4.78 is 23.1. The molecular weight excluding hydrogens is 395 g/mol. The van der Waals surface area contributed by atoms with Crippen LogP contribution in [0.4, 0.5) is 4.39 Å². The molecule has 2 heterocycles. The van der Waals surface area contributed by atoms with E-state index in [1.54, 1.807) is 17.1 Å². The minimum atomic E-state index is -0.413. The standard InChI is InChI=1S/C23H25FN6O/c1-16-6-4-5-7-21(16)30-13-19(11-26-17(2)12-29-15-25-14-27-29)23(28-30)18-8-9-22(31-3)20(24)10-18/h4-10,13-15,17,26H,11-12H2,1-3H3/t17-/m0/s1. The third-order valence-corrected chi connectivity index (χ3v) is 5.15. The lowest BCUT2D eigenvalue weighted by Gasteiger charge is -2.13. The molecule has 0 radical (unpaired) electrons. The molecule has 0 bridgehead atoms. The van der Waals surface area contributed by atoms with Crippen LogP contribution in [0, 0.1) is 12.7 Å². The van der Waals surface area contributed by atoms with Crippen molar-refractivity contribution in [2.45, 2.75) is 33.0 Å². The molecule has 0 aliphatic heterocycles. The van der Waals surface area contributed by atoms with E-state index in [0.717, 1.165) is 22.5 Å². The highest BCUT2D eigenvalue weighted by Crippen LogP contribution is 2.28. The van der Waals surface area contributed by atoms with Crippen molar-refractivity contribution in [2.24, 2.45) is 0 Å². The van der Waals surface area contributed by atoms with E-state index in [1.807, 2.05) is 48.1 Å². The number of benzene rings is 2. The number of ether oxygens (including phenoxy) is 1. The van der Waals surface area contributed by atoms with E-state index < -0.39 is 5.82 Å². The smallest absolute Gasteiger partial charge is 0.165 e. The average Bonchev–Trinajstić information content (AvgIpc) is 3.42. The highest BCUT2D eigenvalue weighted by atomic mass is 19.1. The summed E-state index contributed by atoms with van der Waals surface area (Å²) in [6.45, 7) is 5.39. The summed E-state index contributed by atoms with van der Waals surface area (Å²) in [5.41, 5.74) is 4.49. The Labute approximate surface area is 180 Å². The van der Waals surface area contributed by atoms with Gasteiger partial charge in [0.25, 0.3) is 0 Å². The molecule has 1 atom stereocenters. The summed E-state index contributed by atoms with van der Waals surface area (Å²) in [6, 6.07) is 13.1. The van der Waals surface area contributed by atoms with Gasteiger partial charge >= 0.3 is 0 Å². The quantitative estimate of drug-likeness (QED) is 0.470. The molecule has 8 heteroatoms. The van der Waals surface area contributed by atoms with Gasteiger partial charge in [0.1, 0.15) is 12.7 Å². The number of para-hydroxylation sites is 1. The van der Waals surface area contributed by atoms with Crippen LogP contribution in [0.15, 0.2) is 61.3 Å². The van der Waals surface area contributed by atoms with E-state index in [-0.39, 0.29) is 11.8 Å². The lowest BCUT2D eigenvalue weighted by atomic mass is 10.1. The highest BCUT2D eigenvalue weighted by molar-refractivity contribution is 5.64. The van der Waals surface area contributed by atoms with Crippen LogP contribution in [0.1, 0.15) is 18.1 Å². The molecule has 2 aromatic heterocycles. The molecule has 31 heavy (non-hydrogen) atoms. The fourth-order valence-corrected chi connectivity index (χ4v) is 3.50. The minimum absolute atomic E-state index is 0.156. The van der Waals surface area contributed by atoms with Crippen LogP contribution in [0.2, 0.25) is 0 Å². The van der Waals surface area contributed by atoms with Gasteiger partial charge in [-0.05, 0) is 43.7 Å². The summed E-state index contributed by atoms with van der Waals surface area (Å²) >= 11 is 0. The van der Waals surface area contributed by atoms with Crippen molar-refractivity contribution in [3.05, 3.63) is 78.3 Å². The molecule has 0 amide bonds. The van der Waals surface area contributed by atoms with E-state index in [1.165, 1.54) is 19.5 Å². The molecule has 4 aromatic rings. The van der Waals surface area contributed by atoms with Crippen LogP contribution in [0.25, 0.3) is 16.9 Å². The van der Waals surface area contributed by atoms with Crippen LogP contribution in [0.5, 0.6) is 5.75 Å². The van der Waals surface area contributed by atoms with E-state index in [4.69, 9.17) is 9.84 Å². The third-order valence-electron chi connectivity index (χ3n) is 5.15. The van der Waals surface area contributed by atoms with E-state index in [2.05, 4.69) is 22.3 Å². The maximum absolute atomic E-state index is 14.4. The van der Waals surface area contributed by atoms with Crippen molar-refractivity contribution >= 4 is 0 Å². The molecule has 4 rings (SSSR count). The van der Waals surface area contributed by atoms with E-state index in [9.17, 15) is 4.39 Å². The van der Waals surface area contributed by atoms with Crippen LogP contribution in [-0.4, -0.2) is 37.7 Å². The van der Waals surface area contributed by atoms with Crippen molar-refractivity contribution in [1.82, 2.24) is 29.9 Å². The normalized spacial score (nSPS) is 12.1. The SMILES string of the molecule is COc1ccc(-c2nn(-c3ccccc3C)cc2CN[C@@H](C)Cn2cncn2)cc1F. The molecule has 0 spiro atoms. The van der Waals surface area contributed by atoms with Crippen LogP contribution >= 0.6 is 0 Å². The van der Waals surface area contributed by atoms with Gasteiger partial charge in [-0.2, -0.15) is 10.2 Å². The van der Waals surface area contributed by atoms with Crippen molar-refractivity contribution in [3.63, 3.8) is 0 Å². The van der Waals surface area contributed by atoms with Gasteiger partial charge in [0.05, 0.1) is 25.0 Å². The molecule has 1 N–H and O–H groups in total. The van der Waals surface area contributed by atoms with Gasteiger partial charge in [-0.3, -0.25) is 4.68 Å². The number of methoxy groups -OCH3 is 1. The number of halogens is 1. The zero-order valence-electron chi connectivity index (χ0n) is 17.8. The Balaban J connectivity index is 1.65. The maximum Gasteiger partial charge on any atom is 0.165 e. The monoisotopic (exact) mass is 420 g/mol. The minimum Gasteiger partial charge on any atom is -0.494 e. The first-order valence-corrected chi connectivity index (χ1v) is 10.1. The molecule has 0 saturated heterocycles. The predicted molar refractivity (Wildman–Crippen MR) is 117 cm³/mol. The Morgan fingerprint density at radius 2 is 2.03 bits per heavy atom. The number of hydrogen-bond acceptors (Lipinski definition) is 5. The predicted octanol–water partition coefficient (Wildman–Crippen LogP) is 3.77. The summed E-state index contributed by atoms with van der Waals surface area (Å²) in [5, 5.41) is 12.5. The number of aryl methyl sites for hydroxylation is 1. The number of nitrogens with one attached hydrogen (secondary N) is 1. The molecule has 7 nitrogen and oxygen atoms in total. The summed E-state index contributed by atoms with van der Waals surface area (Å²) in [4.78, 5) is 3.98. The average molecular weight is 420 g/mol. The second kappa shape index (κ2) is 9.09. The zero-order chi connectivity index (χ0) is 21.8. The first-order valence-electron chi connectivity index (χ1n) is 10.1. The van der Waals surface area contributed by atoms with Gasteiger partial charge in [0.2, 0.25) is 0 Å². The van der Waals surface area contributed by atoms with Crippen LogP contribution in [-0.2, 0) is 13.1 Å². The van der Waals surface area contributed by atoms with Gasteiger partial charge in [0, 0.05) is 29.9 Å². The van der Waals surface area contributed by atoms with Crippen LogP contribution in [0.3, 0.4) is 0 Å². The molecule has 2 aromatic carbocycles. The topological polar surface area (TPSA) is 69.8 Å². The fourth-order valence-electron chi connectivity index (χ4n) is 3.50. The van der Waals surface area contributed by atoms with Gasteiger partial charge in [0.15, 0.2) is 11.6 Å². The Morgan fingerprint density at radius 3 is 2.74 bits per heavy atom. The second-order valence-electron chi connectivity index (χ2n) is 7.48. The molecule has 0 fully saturated rings.